The Kier molecular flexibility index (Phi) is 9.51. The highest BCUT2D eigenvalue weighted by atomic mass is 16.3. The molecule has 6 nitrogen and oxygen atoms in total. The SMILES string of the molecule is C/C=C\C(=C/C)n1c2ccccc2c2cc(-c3cc4c5ccccc5oc4c4c3c3ccccc3n4-c3ccc(-c4nc(-c5ccccc5)nc(-c5ccc(-c6ccccc6)cc5)n4)cc3)ccc21. The van der Waals surface area contributed by atoms with E-state index in [4.69, 9.17) is 19.4 Å². The minimum absolute atomic E-state index is 0.603. The zero-order valence-corrected chi connectivity index (χ0v) is 38.0. The number of furan rings is 1. The van der Waals surface area contributed by atoms with Gasteiger partial charge in [0.05, 0.1) is 22.1 Å². The predicted molar refractivity (Wildman–Crippen MR) is 286 cm³/mol. The maximum Gasteiger partial charge on any atom is 0.164 e. The van der Waals surface area contributed by atoms with Gasteiger partial charge in [-0.2, -0.15) is 0 Å². The van der Waals surface area contributed by atoms with Gasteiger partial charge in [0, 0.05) is 60.4 Å². The molecule has 0 saturated heterocycles. The molecule has 4 aromatic heterocycles. The Hall–Kier alpha value is -9.13. The lowest BCUT2D eigenvalue weighted by molar-refractivity contribution is 0.671. The number of rotatable bonds is 8. The van der Waals surface area contributed by atoms with Crippen LogP contribution in [-0.2, 0) is 0 Å². The first kappa shape index (κ1) is 40.2. The van der Waals surface area contributed by atoms with Crippen molar-refractivity contribution in [2.45, 2.75) is 13.8 Å². The molecular formula is C63H43N5O. The first-order chi connectivity index (χ1) is 34.1. The number of nitrogens with zero attached hydrogens (tertiary/aromatic N) is 5. The fourth-order valence-corrected chi connectivity index (χ4v) is 10.3. The van der Waals surface area contributed by atoms with Gasteiger partial charge in [-0.15, -0.1) is 0 Å². The number of hydrogen-bond donors (Lipinski definition) is 0. The van der Waals surface area contributed by atoms with Crippen LogP contribution in [0.4, 0.5) is 0 Å². The molecule has 0 aliphatic rings. The molecule has 0 unspecified atom stereocenters. The van der Waals surface area contributed by atoms with E-state index in [1.807, 2.05) is 42.5 Å². The van der Waals surface area contributed by atoms with Crippen molar-refractivity contribution in [1.82, 2.24) is 24.1 Å². The highest BCUT2D eigenvalue weighted by molar-refractivity contribution is 6.27. The minimum atomic E-state index is 0.603. The van der Waals surface area contributed by atoms with Crippen LogP contribution in [0, 0.1) is 0 Å². The van der Waals surface area contributed by atoms with Gasteiger partial charge in [-0.3, -0.25) is 0 Å². The van der Waals surface area contributed by atoms with Crippen molar-refractivity contribution in [3.8, 4) is 62.1 Å². The zero-order chi connectivity index (χ0) is 46.0. The third-order valence-corrected chi connectivity index (χ3v) is 13.5. The summed E-state index contributed by atoms with van der Waals surface area (Å²) < 4.78 is 11.7. The first-order valence-electron chi connectivity index (χ1n) is 23.4. The van der Waals surface area contributed by atoms with Crippen LogP contribution < -0.4 is 0 Å². The Morgan fingerprint density at radius 2 is 0.957 bits per heavy atom. The Balaban J connectivity index is 1.000. The lowest BCUT2D eigenvalue weighted by atomic mass is 9.95. The van der Waals surface area contributed by atoms with E-state index in [9.17, 15) is 0 Å². The third-order valence-electron chi connectivity index (χ3n) is 13.5. The second-order valence-corrected chi connectivity index (χ2v) is 17.4. The van der Waals surface area contributed by atoms with Crippen LogP contribution in [0.3, 0.4) is 0 Å². The van der Waals surface area contributed by atoms with Gasteiger partial charge >= 0.3 is 0 Å². The largest absolute Gasteiger partial charge is 0.454 e. The molecule has 0 atom stereocenters. The molecule has 0 amide bonds. The van der Waals surface area contributed by atoms with Crippen LogP contribution in [0.15, 0.2) is 229 Å². The van der Waals surface area contributed by atoms with E-state index in [0.29, 0.717) is 17.5 Å². The molecule has 69 heavy (non-hydrogen) atoms. The third kappa shape index (κ3) is 6.60. The van der Waals surface area contributed by atoms with Gasteiger partial charge in [0.15, 0.2) is 23.1 Å². The van der Waals surface area contributed by atoms with Gasteiger partial charge < -0.3 is 13.6 Å². The van der Waals surface area contributed by atoms with Crippen molar-refractivity contribution in [3.63, 3.8) is 0 Å². The van der Waals surface area contributed by atoms with Gasteiger partial charge in [-0.05, 0) is 103 Å². The molecule has 4 heterocycles. The fraction of sp³-hybridized carbons (Fsp3) is 0.0317. The average molecular weight is 886 g/mol. The number of aromatic nitrogens is 5. The Morgan fingerprint density at radius 3 is 1.64 bits per heavy atom. The van der Waals surface area contributed by atoms with E-state index in [0.717, 1.165) is 94.1 Å². The summed E-state index contributed by atoms with van der Waals surface area (Å²) in [5.41, 5.74) is 15.6. The summed E-state index contributed by atoms with van der Waals surface area (Å²) in [5.74, 6) is 1.84. The van der Waals surface area contributed by atoms with Gasteiger partial charge in [0.2, 0.25) is 0 Å². The van der Waals surface area contributed by atoms with E-state index in [1.54, 1.807) is 0 Å². The molecule has 0 spiro atoms. The van der Waals surface area contributed by atoms with Crippen molar-refractivity contribution in [2.75, 3.05) is 0 Å². The zero-order valence-electron chi connectivity index (χ0n) is 38.0. The molecule has 0 aliphatic heterocycles. The standard InChI is InChI=1S/C63H43N5O/c1-3-17-46(4-2)67-54-25-14-11-22-48(54)52-38-45(34-37-56(52)67)51-39-53-49-23-13-16-27-57(49)69-60(53)59-58(51)50-24-12-15-26-55(50)68(59)47-35-32-44(33-36-47)63-65-61(42-20-9-6-10-21-42)64-62(66-63)43-30-28-41(29-31-43)40-18-7-5-8-19-40/h3-39H,1-2H3/b17-3-,46-4+. The molecule has 0 bridgehead atoms. The number of para-hydroxylation sites is 3. The summed E-state index contributed by atoms with van der Waals surface area (Å²) in [7, 11) is 0. The van der Waals surface area contributed by atoms with Crippen molar-refractivity contribution >= 4 is 71.2 Å². The van der Waals surface area contributed by atoms with Crippen LogP contribution in [-0.4, -0.2) is 24.1 Å². The highest BCUT2D eigenvalue weighted by Gasteiger charge is 2.24. The summed E-state index contributed by atoms with van der Waals surface area (Å²) >= 11 is 0. The minimum Gasteiger partial charge on any atom is -0.454 e. The van der Waals surface area contributed by atoms with Crippen LogP contribution in [0.5, 0.6) is 0 Å². The quantitative estimate of drug-likeness (QED) is 0.143. The second-order valence-electron chi connectivity index (χ2n) is 17.4. The monoisotopic (exact) mass is 885 g/mol. The number of allylic oxidation sites excluding steroid dienone is 4. The number of benzene rings is 9. The summed E-state index contributed by atoms with van der Waals surface area (Å²) in [5, 5.41) is 6.86. The van der Waals surface area contributed by atoms with Crippen molar-refractivity contribution in [3.05, 3.63) is 224 Å². The molecule has 9 aromatic carbocycles. The van der Waals surface area contributed by atoms with Crippen LogP contribution in [0.25, 0.3) is 133 Å². The molecular weight excluding hydrogens is 843 g/mol. The van der Waals surface area contributed by atoms with Crippen LogP contribution in [0.1, 0.15) is 13.8 Å². The topological polar surface area (TPSA) is 61.7 Å². The Bertz CT molecular complexity index is 4180. The van der Waals surface area contributed by atoms with Gasteiger partial charge in [0.25, 0.3) is 0 Å². The summed E-state index contributed by atoms with van der Waals surface area (Å²) in [6.45, 7) is 4.17. The van der Waals surface area contributed by atoms with Gasteiger partial charge in [0.1, 0.15) is 5.58 Å². The molecule has 13 aromatic rings. The lowest BCUT2D eigenvalue weighted by Crippen LogP contribution is -2.00. The Morgan fingerprint density at radius 1 is 0.435 bits per heavy atom. The molecule has 326 valence electrons. The molecule has 6 heteroatoms. The smallest absolute Gasteiger partial charge is 0.164 e. The maximum absolute atomic E-state index is 6.91. The van der Waals surface area contributed by atoms with E-state index in [1.165, 1.54) is 21.8 Å². The Labute approximate surface area is 398 Å². The summed E-state index contributed by atoms with van der Waals surface area (Å²) in [4.78, 5) is 15.2. The van der Waals surface area contributed by atoms with Crippen LogP contribution in [0.2, 0.25) is 0 Å². The van der Waals surface area contributed by atoms with Crippen LogP contribution >= 0.6 is 0 Å². The van der Waals surface area contributed by atoms with Crippen molar-refractivity contribution < 1.29 is 4.42 Å². The summed E-state index contributed by atoms with van der Waals surface area (Å²) in [6.07, 6.45) is 6.46. The first-order valence-corrected chi connectivity index (χ1v) is 23.4. The van der Waals surface area contributed by atoms with Gasteiger partial charge in [-0.1, -0.05) is 158 Å². The highest BCUT2D eigenvalue weighted by Crippen LogP contribution is 2.46. The average Bonchev–Trinajstić information content (AvgIpc) is 4.08. The van der Waals surface area contributed by atoms with Gasteiger partial charge in [-0.25, -0.2) is 15.0 Å². The predicted octanol–water partition coefficient (Wildman–Crippen LogP) is 16.7. The van der Waals surface area contributed by atoms with E-state index < -0.39 is 0 Å². The number of hydrogen-bond acceptors (Lipinski definition) is 4. The van der Waals surface area contributed by atoms with E-state index in [2.05, 4.69) is 205 Å². The molecule has 13 rings (SSSR count). The van der Waals surface area contributed by atoms with E-state index >= 15 is 0 Å². The normalized spacial score (nSPS) is 12.2. The van der Waals surface area contributed by atoms with E-state index in [-0.39, 0.29) is 0 Å². The second kappa shape index (κ2) is 16.3. The number of fused-ring (bicyclic) bond motifs is 10. The molecule has 0 aliphatic carbocycles. The molecule has 0 N–H and O–H groups in total. The lowest BCUT2D eigenvalue weighted by Gasteiger charge is -2.12. The summed E-state index contributed by atoms with van der Waals surface area (Å²) in [6, 6.07) is 72.7. The van der Waals surface area contributed by atoms with Crippen molar-refractivity contribution in [2.24, 2.45) is 0 Å². The fourth-order valence-electron chi connectivity index (χ4n) is 10.3. The molecule has 0 radical (unpaired) electrons. The molecule has 0 saturated carbocycles. The van der Waals surface area contributed by atoms with Crippen molar-refractivity contribution in [1.29, 1.82) is 0 Å². The molecule has 0 fully saturated rings. The maximum atomic E-state index is 6.91.